The van der Waals surface area contributed by atoms with Crippen molar-refractivity contribution in [2.24, 2.45) is 5.92 Å². The molecule has 0 radical (unpaired) electrons. The van der Waals surface area contributed by atoms with Crippen molar-refractivity contribution in [3.05, 3.63) is 0 Å². The van der Waals surface area contributed by atoms with E-state index < -0.39 is 0 Å². The molecule has 1 aliphatic heterocycles. The molecular formula is C10H22LiN. The third-order valence-electron chi connectivity index (χ3n) is 2.39. The fraction of sp³-hybridized carbons (Fsp3) is 1.00. The Morgan fingerprint density at radius 1 is 1.08 bits per heavy atom. The van der Waals surface area contributed by atoms with Gasteiger partial charge in [0.05, 0.1) is 0 Å². The van der Waals surface area contributed by atoms with Gasteiger partial charge < -0.3 is 6.74 Å². The summed E-state index contributed by atoms with van der Waals surface area (Å²) in [4.78, 5) is 0. The zero-order chi connectivity index (χ0) is 8.70. The Kier molecular flexibility index (Phi) is 3.91. The summed E-state index contributed by atoms with van der Waals surface area (Å²) in [6.07, 6.45) is 2.60. The van der Waals surface area contributed by atoms with Gasteiger partial charge in [0, 0.05) is 11.1 Å². The average molecular weight is 163 g/mol. The SMILES string of the molecule is CC1CC(C)(C)NC(C)(C)C1.[H-].[Li+]. The van der Waals surface area contributed by atoms with Crippen molar-refractivity contribution in [3.63, 3.8) is 0 Å². The van der Waals surface area contributed by atoms with Crippen molar-refractivity contribution >= 4 is 0 Å². The fourth-order valence-corrected chi connectivity index (χ4v) is 2.83. The van der Waals surface area contributed by atoms with E-state index in [1.807, 2.05) is 0 Å². The summed E-state index contributed by atoms with van der Waals surface area (Å²) >= 11 is 0. The normalized spacial score (nSPS) is 27.8. The predicted octanol–water partition coefficient (Wildman–Crippen LogP) is -0.320. The van der Waals surface area contributed by atoms with Crippen LogP contribution in [0.2, 0.25) is 0 Å². The van der Waals surface area contributed by atoms with E-state index in [4.69, 9.17) is 0 Å². The van der Waals surface area contributed by atoms with Crippen molar-refractivity contribution in [2.75, 3.05) is 0 Å². The maximum atomic E-state index is 3.66. The van der Waals surface area contributed by atoms with Gasteiger partial charge in [-0.05, 0) is 46.5 Å². The molecule has 0 aromatic heterocycles. The molecular weight excluding hydrogens is 141 g/mol. The molecule has 0 atom stereocenters. The first-order valence-electron chi connectivity index (χ1n) is 4.60. The first-order chi connectivity index (χ1) is 4.81. The zero-order valence-electron chi connectivity index (χ0n) is 10.5. The van der Waals surface area contributed by atoms with Gasteiger partial charge in [-0.1, -0.05) is 6.92 Å². The molecule has 0 aromatic carbocycles. The van der Waals surface area contributed by atoms with Crippen molar-refractivity contribution < 1.29 is 20.3 Å². The van der Waals surface area contributed by atoms with Gasteiger partial charge in [0.25, 0.3) is 0 Å². The maximum Gasteiger partial charge on any atom is 1.00 e. The van der Waals surface area contributed by atoms with Gasteiger partial charge in [-0.25, -0.2) is 0 Å². The summed E-state index contributed by atoms with van der Waals surface area (Å²) in [7, 11) is 0. The molecule has 0 unspecified atom stereocenters. The van der Waals surface area contributed by atoms with Gasteiger partial charge in [0.1, 0.15) is 0 Å². The Balaban J connectivity index is 0. The average Bonchev–Trinajstić information content (AvgIpc) is 1.49. The maximum absolute atomic E-state index is 3.66. The van der Waals surface area contributed by atoms with Crippen LogP contribution in [0.5, 0.6) is 0 Å². The third-order valence-corrected chi connectivity index (χ3v) is 2.39. The monoisotopic (exact) mass is 163 g/mol. The second kappa shape index (κ2) is 3.74. The third kappa shape index (κ3) is 3.52. The largest absolute Gasteiger partial charge is 1.00 e. The number of rotatable bonds is 0. The second-order valence-electron chi connectivity index (χ2n) is 5.41. The topological polar surface area (TPSA) is 12.0 Å². The molecule has 1 aliphatic rings. The Labute approximate surface area is 90.4 Å². The Morgan fingerprint density at radius 3 is 1.67 bits per heavy atom. The van der Waals surface area contributed by atoms with E-state index >= 15 is 0 Å². The summed E-state index contributed by atoms with van der Waals surface area (Å²) in [6, 6.07) is 0. The van der Waals surface area contributed by atoms with Gasteiger partial charge in [-0.2, -0.15) is 0 Å². The molecule has 1 heterocycles. The van der Waals surface area contributed by atoms with E-state index in [9.17, 15) is 0 Å². The number of hydrogen-bond donors (Lipinski definition) is 1. The van der Waals surface area contributed by atoms with E-state index in [0.717, 1.165) is 5.92 Å². The molecule has 68 valence electrons. The molecule has 0 aromatic rings. The van der Waals surface area contributed by atoms with E-state index in [-0.39, 0.29) is 20.3 Å². The van der Waals surface area contributed by atoms with Crippen molar-refractivity contribution in [2.45, 2.75) is 58.5 Å². The summed E-state index contributed by atoms with van der Waals surface area (Å²) in [6.45, 7) is 11.5. The molecule has 0 aliphatic carbocycles. The Bertz CT molecular complexity index is 141. The van der Waals surface area contributed by atoms with Crippen LogP contribution in [-0.2, 0) is 0 Å². The molecule has 1 fully saturated rings. The number of piperidine rings is 1. The minimum absolute atomic E-state index is 0. The summed E-state index contributed by atoms with van der Waals surface area (Å²) < 4.78 is 0. The molecule has 0 bridgehead atoms. The molecule has 1 saturated heterocycles. The first-order valence-corrected chi connectivity index (χ1v) is 4.60. The van der Waals surface area contributed by atoms with E-state index in [2.05, 4.69) is 39.9 Å². The van der Waals surface area contributed by atoms with Crippen LogP contribution in [0.3, 0.4) is 0 Å². The van der Waals surface area contributed by atoms with Gasteiger partial charge in [0.15, 0.2) is 0 Å². The first kappa shape index (κ1) is 12.6. The second-order valence-corrected chi connectivity index (χ2v) is 5.41. The number of hydrogen-bond acceptors (Lipinski definition) is 1. The molecule has 0 amide bonds. The van der Waals surface area contributed by atoms with E-state index in [1.54, 1.807) is 0 Å². The van der Waals surface area contributed by atoms with Gasteiger partial charge in [0.2, 0.25) is 0 Å². The van der Waals surface area contributed by atoms with Crippen LogP contribution in [0.1, 0.15) is 48.9 Å². The summed E-state index contributed by atoms with van der Waals surface area (Å²) in [5.74, 6) is 0.862. The van der Waals surface area contributed by atoms with Gasteiger partial charge in [-0.3, -0.25) is 0 Å². The number of nitrogens with one attached hydrogen (secondary N) is 1. The fourth-order valence-electron chi connectivity index (χ4n) is 2.83. The summed E-state index contributed by atoms with van der Waals surface area (Å²) in [5.41, 5.74) is 0.669. The van der Waals surface area contributed by atoms with Crippen LogP contribution in [0.4, 0.5) is 0 Å². The zero-order valence-corrected chi connectivity index (χ0v) is 9.49. The van der Waals surface area contributed by atoms with Crippen LogP contribution < -0.4 is 24.2 Å². The quantitative estimate of drug-likeness (QED) is 0.483. The molecule has 2 heteroatoms. The minimum atomic E-state index is 0. The van der Waals surface area contributed by atoms with Gasteiger partial charge in [-0.15, -0.1) is 0 Å². The van der Waals surface area contributed by atoms with Crippen molar-refractivity contribution in [3.8, 4) is 0 Å². The Hall–Kier alpha value is 0.557. The van der Waals surface area contributed by atoms with Crippen molar-refractivity contribution in [1.29, 1.82) is 0 Å². The standard InChI is InChI=1S/C10H21N.Li.H/c1-8-6-9(2,3)11-10(4,5)7-8;;/h8,11H,6-7H2,1-5H3;;/q;+1;-1. The van der Waals surface area contributed by atoms with Crippen LogP contribution in [-0.4, -0.2) is 11.1 Å². The van der Waals surface area contributed by atoms with Crippen LogP contribution in [0.25, 0.3) is 0 Å². The van der Waals surface area contributed by atoms with E-state index in [0.29, 0.717) is 11.1 Å². The predicted molar refractivity (Wildman–Crippen MR) is 50.8 cm³/mol. The molecule has 1 N–H and O–H groups in total. The van der Waals surface area contributed by atoms with Crippen LogP contribution >= 0.6 is 0 Å². The summed E-state index contributed by atoms with van der Waals surface area (Å²) in [5, 5.41) is 3.66. The molecule has 1 rings (SSSR count). The van der Waals surface area contributed by atoms with Crippen molar-refractivity contribution in [1.82, 2.24) is 5.32 Å². The molecule has 12 heavy (non-hydrogen) atoms. The molecule has 1 nitrogen and oxygen atoms in total. The molecule has 0 spiro atoms. The molecule has 0 saturated carbocycles. The van der Waals surface area contributed by atoms with Crippen LogP contribution in [0.15, 0.2) is 0 Å². The van der Waals surface area contributed by atoms with Gasteiger partial charge >= 0.3 is 18.9 Å². The van der Waals surface area contributed by atoms with Crippen LogP contribution in [0, 0.1) is 5.92 Å². The Morgan fingerprint density at radius 2 is 1.42 bits per heavy atom. The van der Waals surface area contributed by atoms with E-state index in [1.165, 1.54) is 12.8 Å². The minimum Gasteiger partial charge on any atom is -1.00 e. The smallest absolute Gasteiger partial charge is 1.00 e.